The molecule has 0 saturated carbocycles. The van der Waals surface area contributed by atoms with Crippen molar-refractivity contribution in [1.29, 1.82) is 0 Å². The molecule has 2 aromatic heterocycles. The lowest BCUT2D eigenvalue weighted by molar-refractivity contribution is -0.0124. The highest BCUT2D eigenvalue weighted by molar-refractivity contribution is 7.15. The molecule has 1 atom stereocenters. The van der Waals surface area contributed by atoms with Crippen LogP contribution in [-0.4, -0.2) is 57.4 Å². The molecular weight excluding hydrogens is 408 g/mol. The van der Waals surface area contributed by atoms with Crippen molar-refractivity contribution in [2.45, 2.75) is 51.4 Å². The van der Waals surface area contributed by atoms with Crippen molar-refractivity contribution in [3.63, 3.8) is 0 Å². The minimum absolute atomic E-state index is 0.0967. The van der Waals surface area contributed by atoms with E-state index in [1.807, 2.05) is 22.5 Å². The van der Waals surface area contributed by atoms with Crippen LogP contribution >= 0.6 is 11.3 Å². The number of hydrogen-bond acceptors (Lipinski definition) is 5. The second-order valence-corrected chi connectivity index (χ2v) is 9.48. The van der Waals surface area contributed by atoms with E-state index in [1.54, 1.807) is 11.3 Å². The lowest BCUT2D eigenvalue weighted by atomic mass is 10.1. The SMILES string of the molecule is O=C(c1nc2sccn2c1CN1CCC[C@@H](OCc2ccccc2)C1)N1CCCCC1. The van der Waals surface area contributed by atoms with Crippen LogP contribution in [0, 0.1) is 0 Å². The summed E-state index contributed by atoms with van der Waals surface area (Å²) in [5.41, 5.74) is 2.88. The van der Waals surface area contributed by atoms with Gasteiger partial charge in [-0.15, -0.1) is 11.3 Å². The smallest absolute Gasteiger partial charge is 0.274 e. The highest BCUT2D eigenvalue weighted by atomic mass is 32.1. The Kier molecular flexibility index (Phi) is 6.34. The molecule has 0 unspecified atom stereocenters. The fourth-order valence-electron chi connectivity index (χ4n) is 4.69. The van der Waals surface area contributed by atoms with Gasteiger partial charge >= 0.3 is 0 Å². The molecule has 2 fully saturated rings. The maximum absolute atomic E-state index is 13.3. The summed E-state index contributed by atoms with van der Waals surface area (Å²) < 4.78 is 8.33. The van der Waals surface area contributed by atoms with Gasteiger partial charge in [0.2, 0.25) is 0 Å². The molecule has 4 heterocycles. The Bertz CT molecular complexity index is 1010. The van der Waals surface area contributed by atoms with Gasteiger partial charge in [-0.1, -0.05) is 30.3 Å². The van der Waals surface area contributed by atoms with Crippen LogP contribution in [-0.2, 0) is 17.9 Å². The van der Waals surface area contributed by atoms with Gasteiger partial charge in [-0.3, -0.25) is 14.1 Å². The van der Waals surface area contributed by atoms with Crippen molar-refractivity contribution >= 4 is 22.2 Å². The standard InChI is InChI=1S/C24H30N4O2S/c29-23(27-12-5-2-6-13-27)22-21(28-14-15-31-24(28)25-22)17-26-11-7-10-20(16-26)30-18-19-8-3-1-4-9-19/h1,3-4,8-9,14-15,20H,2,5-7,10-13,16-18H2/t20-/m1/s1. The van der Waals surface area contributed by atoms with Crippen molar-refractivity contribution in [2.24, 2.45) is 0 Å². The summed E-state index contributed by atoms with van der Waals surface area (Å²) in [4.78, 5) is 23.3. The number of thiazole rings is 1. The van der Waals surface area contributed by atoms with Crippen LogP contribution in [0.4, 0.5) is 0 Å². The molecule has 31 heavy (non-hydrogen) atoms. The van der Waals surface area contributed by atoms with Crippen LogP contribution in [0.5, 0.6) is 0 Å². The number of amides is 1. The number of hydrogen-bond donors (Lipinski definition) is 0. The fourth-order valence-corrected chi connectivity index (χ4v) is 5.43. The molecule has 5 rings (SSSR count). The minimum atomic E-state index is 0.0967. The van der Waals surface area contributed by atoms with E-state index in [4.69, 9.17) is 9.72 Å². The molecule has 7 heteroatoms. The normalized spacial score (nSPS) is 20.4. The average Bonchev–Trinajstić information content (AvgIpc) is 3.41. The number of likely N-dealkylation sites (tertiary alicyclic amines) is 2. The monoisotopic (exact) mass is 438 g/mol. The molecule has 2 aliphatic rings. The number of rotatable bonds is 6. The lowest BCUT2D eigenvalue weighted by Crippen LogP contribution is -2.40. The number of carbonyl (C=O) groups excluding carboxylic acids is 1. The second kappa shape index (κ2) is 9.51. The van der Waals surface area contributed by atoms with Gasteiger partial charge < -0.3 is 9.64 Å². The topological polar surface area (TPSA) is 50.1 Å². The summed E-state index contributed by atoms with van der Waals surface area (Å²) in [7, 11) is 0. The molecule has 2 aliphatic heterocycles. The molecule has 0 spiro atoms. The zero-order chi connectivity index (χ0) is 21.0. The van der Waals surface area contributed by atoms with Gasteiger partial charge in [0.05, 0.1) is 18.4 Å². The van der Waals surface area contributed by atoms with Gasteiger partial charge in [0, 0.05) is 37.8 Å². The van der Waals surface area contributed by atoms with Crippen molar-refractivity contribution < 1.29 is 9.53 Å². The van der Waals surface area contributed by atoms with E-state index in [2.05, 4.69) is 33.6 Å². The average molecular weight is 439 g/mol. The van der Waals surface area contributed by atoms with E-state index >= 15 is 0 Å². The Morgan fingerprint density at radius 1 is 1.10 bits per heavy atom. The van der Waals surface area contributed by atoms with Crippen molar-refractivity contribution in [3.05, 3.63) is 58.9 Å². The zero-order valence-corrected chi connectivity index (χ0v) is 18.7. The Morgan fingerprint density at radius 3 is 2.77 bits per heavy atom. The number of fused-ring (bicyclic) bond motifs is 1. The van der Waals surface area contributed by atoms with E-state index in [1.165, 1.54) is 12.0 Å². The van der Waals surface area contributed by atoms with Gasteiger partial charge in [-0.25, -0.2) is 4.98 Å². The summed E-state index contributed by atoms with van der Waals surface area (Å²) >= 11 is 1.59. The first kappa shape index (κ1) is 20.7. The van der Waals surface area contributed by atoms with E-state index in [0.717, 1.165) is 69.1 Å². The number of ether oxygens (including phenoxy) is 1. The zero-order valence-electron chi connectivity index (χ0n) is 17.9. The number of imidazole rings is 1. The van der Waals surface area contributed by atoms with Crippen molar-refractivity contribution in [1.82, 2.24) is 19.2 Å². The highest BCUT2D eigenvalue weighted by Gasteiger charge is 2.28. The van der Waals surface area contributed by atoms with E-state index in [9.17, 15) is 4.79 Å². The first-order valence-corrected chi connectivity index (χ1v) is 12.3. The summed E-state index contributed by atoms with van der Waals surface area (Å²) in [5.74, 6) is 0.0967. The maximum Gasteiger partial charge on any atom is 0.274 e. The molecule has 2 saturated heterocycles. The second-order valence-electron chi connectivity index (χ2n) is 8.61. The van der Waals surface area contributed by atoms with Crippen LogP contribution in [0.25, 0.3) is 4.96 Å². The predicted molar refractivity (Wildman–Crippen MR) is 122 cm³/mol. The molecule has 1 amide bonds. The summed E-state index contributed by atoms with van der Waals surface area (Å²) in [6, 6.07) is 10.4. The first-order chi connectivity index (χ1) is 15.3. The number of piperidine rings is 2. The Labute approximate surface area is 187 Å². The van der Waals surface area contributed by atoms with Gasteiger partial charge in [-0.05, 0) is 44.2 Å². The predicted octanol–water partition coefficient (Wildman–Crippen LogP) is 4.20. The van der Waals surface area contributed by atoms with Gasteiger partial charge in [0.15, 0.2) is 10.7 Å². The van der Waals surface area contributed by atoms with Gasteiger partial charge in [0.1, 0.15) is 0 Å². The molecule has 0 radical (unpaired) electrons. The van der Waals surface area contributed by atoms with Gasteiger partial charge in [-0.2, -0.15) is 0 Å². The third kappa shape index (κ3) is 4.68. The van der Waals surface area contributed by atoms with E-state index in [-0.39, 0.29) is 12.0 Å². The molecule has 6 nitrogen and oxygen atoms in total. The van der Waals surface area contributed by atoms with Crippen LogP contribution < -0.4 is 0 Å². The van der Waals surface area contributed by atoms with Crippen LogP contribution in [0.1, 0.15) is 53.8 Å². The van der Waals surface area contributed by atoms with Crippen molar-refractivity contribution in [2.75, 3.05) is 26.2 Å². The third-order valence-corrected chi connectivity index (χ3v) is 7.13. The van der Waals surface area contributed by atoms with E-state index < -0.39 is 0 Å². The molecule has 1 aromatic carbocycles. The molecule has 164 valence electrons. The van der Waals surface area contributed by atoms with Crippen molar-refractivity contribution in [3.8, 4) is 0 Å². The molecule has 0 aliphatic carbocycles. The lowest BCUT2D eigenvalue weighted by Gasteiger charge is -2.33. The molecular formula is C24H30N4O2S. The maximum atomic E-state index is 13.3. The van der Waals surface area contributed by atoms with Gasteiger partial charge in [0.25, 0.3) is 5.91 Å². The number of aromatic nitrogens is 2. The summed E-state index contributed by atoms with van der Waals surface area (Å²) in [6.45, 7) is 5.00. The quantitative estimate of drug-likeness (QED) is 0.579. The Morgan fingerprint density at radius 2 is 1.94 bits per heavy atom. The summed E-state index contributed by atoms with van der Waals surface area (Å²) in [6.07, 6.45) is 7.87. The number of carbonyl (C=O) groups is 1. The Hall–Kier alpha value is -2.22. The summed E-state index contributed by atoms with van der Waals surface area (Å²) in [5, 5.41) is 2.04. The van der Waals surface area contributed by atoms with Crippen LogP contribution in [0.15, 0.2) is 41.9 Å². The number of benzene rings is 1. The first-order valence-electron chi connectivity index (χ1n) is 11.4. The third-order valence-electron chi connectivity index (χ3n) is 6.37. The largest absolute Gasteiger partial charge is 0.372 e. The molecule has 0 N–H and O–H groups in total. The fraction of sp³-hybridized carbons (Fsp3) is 0.500. The number of nitrogens with zero attached hydrogens (tertiary/aromatic N) is 4. The molecule has 0 bridgehead atoms. The van der Waals surface area contributed by atoms with E-state index in [0.29, 0.717) is 12.3 Å². The van der Waals surface area contributed by atoms with Crippen LogP contribution in [0.3, 0.4) is 0 Å². The minimum Gasteiger partial charge on any atom is -0.372 e. The Balaban J connectivity index is 1.29. The van der Waals surface area contributed by atoms with Crippen LogP contribution in [0.2, 0.25) is 0 Å². The molecule has 3 aromatic rings. The highest BCUT2D eigenvalue weighted by Crippen LogP contribution is 2.24.